The van der Waals surface area contributed by atoms with Crippen molar-refractivity contribution in [2.24, 2.45) is 0 Å². The Balaban J connectivity index is 1.27. The second-order valence-electron chi connectivity index (χ2n) is 11.7. The minimum Gasteiger partial charge on any atom is -0.335 e. The fourth-order valence-corrected chi connectivity index (χ4v) is 7.32. The third-order valence-corrected chi connectivity index (χ3v) is 9.34. The van der Waals surface area contributed by atoms with Crippen molar-refractivity contribution in [2.45, 2.75) is 113 Å². The second-order valence-corrected chi connectivity index (χ2v) is 11.7. The molecular weight excluding hydrogens is 479 g/mol. The number of amides is 2. The van der Waals surface area contributed by atoms with Gasteiger partial charge in [-0.15, -0.1) is 0 Å². The summed E-state index contributed by atoms with van der Waals surface area (Å²) < 4.78 is 38.2. The molecule has 0 unspecified atom stereocenters. The Morgan fingerprint density at radius 2 is 1.89 bits per heavy atom. The van der Waals surface area contributed by atoms with Crippen LogP contribution in [0.3, 0.4) is 0 Å². The zero-order valence-corrected chi connectivity index (χ0v) is 21.9. The number of hydrogen-bond acceptors (Lipinski definition) is 3. The van der Waals surface area contributed by atoms with Crippen molar-refractivity contribution in [3.05, 3.63) is 35.9 Å². The van der Waals surface area contributed by atoms with Crippen LogP contribution in [0.25, 0.3) is 0 Å². The van der Waals surface area contributed by atoms with E-state index in [2.05, 4.69) is 34.1 Å². The molecule has 1 spiro atoms. The van der Waals surface area contributed by atoms with Crippen LogP contribution in [0.5, 0.6) is 0 Å². The van der Waals surface area contributed by atoms with Crippen LogP contribution in [-0.2, 0) is 9.59 Å². The van der Waals surface area contributed by atoms with Gasteiger partial charge in [-0.05, 0) is 76.4 Å². The first-order valence-electron chi connectivity index (χ1n) is 14.2. The summed E-state index contributed by atoms with van der Waals surface area (Å²) in [5, 5.41) is 0. The smallest absolute Gasteiger partial charge is 0.335 e. The largest absolute Gasteiger partial charge is 0.389 e. The van der Waals surface area contributed by atoms with Crippen LogP contribution in [0.2, 0.25) is 0 Å². The first-order chi connectivity index (χ1) is 17.7. The highest BCUT2D eigenvalue weighted by Crippen LogP contribution is 2.54. The van der Waals surface area contributed by atoms with Gasteiger partial charge in [0.05, 0.1) is 0 Å². The maximum atomic E-state index is 14.0. The Morgan fingerprint density at radius 1 is 1.14 bits per heavy atom. The molecule has 0 aromatic heterocycles. The summed E-state index contributed by atoms with van der Waals surface area (Å²) in [6, 6.07) is 10.2. The van der Waals surface area contributed by atoms with Crippen molar-refractivity contribution >= 4 is 11.8 Å². The zero-order chi connectivity index (χ0) is 26.2. The van der Waals surface area contributed by atoms with Gasteiger partial charge in [0.25, 0.3) is 0 Å². The van der Waals surface area contributed by atoms with Gasteiger partial charge in [-0.25, -0.2) is 0 Å². The number of halogens is 3. The molecule has 37 heavy (non-hydrogen) atoms. The monoisotopic (exact) mass is 519 g/mol. The molecule has 1 saturated carbocycles. The Kier molecular flexibility index (Phi) is 7.58. The quantitative estimate of drug-likeness (QED) is 0.478. The van der Waals surface area contributed by atoms with E-state index in [0.29, 0.717) is 38.3 Å². The first kappa shape index (κ1) is 26.5. The number of rotatable bonds is 7. The number of carbonyl (C=O) groups excluding carboxylic acids is 2. The Bertz CT molecular complexity index is 965. The van der Waals surface area contributed by atoms with Gasteiger partial charge in [0.2, 0.25) is 11.8 Å². The molecule has 4 fully saturated rings. The minimum absolute atomic E-state index is 0.00825. The molecule has 2 amide bonds. The van der Waals surface area contributed by atoms with Crippen molar-refractivity contribution in [3.63, 3.8) is 0 Å². The average molecular weight is 520 g/mol. The lowest BCUT2D eigenvalue weighted by molar-refractivity contribution is -0.147. The summed E-state index contributed by atoms with van der Waals surface area (Å²) in [4.78, 5) is 33.5. The molecule has 204 valence electrons. The van der Waals surface area contributed by atoms with Gasteiger partial charge in [-0.1, -0.05) is 37.3 Å². The Morgan fingerprint density at radius 3 is 2.57 bits per heavy atom. The van der Waals surface area contributed by atoms with Gasteiger partial charge < -0.3 is 14.7 Å². The zero-order valence-electron chi connectivity index (χ0n) is 21.9. The van der Waals surface area contributed by atoms with E-state index in [1.807, 2.05) is 17.9 Å². The van der Waals surface area contributed by atoms with Crippen LogP contribution < -0.4 is 0 Å². The van der Waals surface area contributed by atoms with Crippen molar-refractivity contribution in [3.8, 4) is 0 Å². The number of likely N-dealkylation sites (tertiary alicyclic amines) is 1. The van der Waals surface area contributed by atoms with Crippen LogP contribution in [0.1, 0.15) is 89.0 Å². The molecule has 8 heteroatoms. The van der Waals surface area contributed by atoms with Crippen LogP contribution >= 0.6 is 0 Å². The van der Waals surface area contributed by atoms with Crippen LogP contribution in [0.15, 0.2) is 30.3 Å². The van der Waals surface area contributed by atoms with Crippen LogP contribution in [0.4, 0.5) is 13.2 Å². The van der Waals surface area contributed by atoms with Crippen molar-refractivity contribution < 1.29 is 22.8 Å². The predicted octanol–water partition coefficient (Wildman–Crippen LogP) is 5.50. The molecule has 1 aromatic rings. The van der Waals surface area contributed by atoms with Gasteiger partial charge in [-0.2, -0.15) is 13.2 Å². The summed E-state index contributed by atoms with van der Waals surface area (Å²) in [6.07, 6.45) is 2.46. The van der Waals surface area contributed by atoms with E-state index in [1.165, 1.54) is 5.56 Å². The molecule has 3 aliphatic heterocycles. The highest BCUT2D eigenvalue weighted by Gasteiger charge is 2.58. The van der Waals surface area contributed by atoms with E-state index in [0.717, 1.165) is 45.1 Å². The minimum atomic E-state index is -4.13. The van der Waals surface area contributed by atoms with E-state index in [9.17, 15) is 22.8 Å². The fraction of sp³-hybridized carbons (Fsp3) is 0.724. The summed E-state index contributed by atoms with van der Waals surface area (Å²) in [5.74, 6) is 0.525. The fourth-order valence-electron chi connectivity index (χ4n) is 7.32. The molecule has 0 bridgehead atoms. The van der Waals surface area contributed by atoms with Gasteiger partial charge in [0.1, 0.15) is 6.04 Å². The lowest BCUT2D eigenvalue weighted by Crippen LogP contribution is -2.53. The number of nitrogens with zero attached hydrogens (tertiary/aromatic N) is 3. The molecule has 5 nitrogen and oxygen atoms in total. The molecule has 5 rings (SSSR count). The van der Waals surface area contributed by atoms with E-state index >= 15 is 0 Å². The molecule has 4 atom stereocenters. The Labute approximate surface area is 218 Å². The third-order valence-electron chi connectivity index (χ3n) is 9.34. The van der Waals surface area contributed by atoms with Gasteiger partial charge in [-0.3, -0.25) is 9.59 Å². The summed E-state index contributed by atoms with van der Waals surface area (Å²) >= 11 is 0. The molecule has 3 heterocycles. The second kappa shape index (κ2) is 10.6. The van der Waals surface area contributed by atoms with Crippen molar-refractivity contribution in [2.75, 3.05) is 19.6 Å². The number of alkyl halides is 3. The normalized spacial score (nSPS) is 29.5. The molecule has 0 N–H and O–H groups in total. The predicted molar refractivity (Wildman–Crippen MR) is 136 cm³/mol. The molecular formula is C29H40F3N3O2. The molecule has 1 aliphatic carbocycles. The maximum absolute atomic E-state index is 14.0. The molecule has 1 aromatic carbocycles. The van der Waals surface area contributed by atoms with Gasteiger partial charge >= 0.3 is 6.18 Å². The van der Waals surface area contributed by atoms with Crippen LogP contribution in [0, 0.1) is 0 Å². The topological polar surface area (TPSA) is 43.9 Å². The number of benzene rings is 1. The number of fused-ring (bicyclic) bond motifs is 1. The summed E-state index contributed by atoms with van der Waals surface area (Å²) in [7, 11) is 0. The van der Waals surface area contributed by atoms with E-state index in [1.54, 1.807) is 0 Å². The van der Waals surface area contributed by atoms with E-state index in [4.69, 9.17) is 0 Å². The summed E-state index contributed by atoms with van der Waals surface area (Å²) in [5.41, 5.74) is 1.24. The van der Waals surface area contributed by atoms with E-state index in [-0.39, 0.29) is 35.9 Å². The van der Waals surface area contributed by atoms with Crippen LogP contribution in [-0.4, -0.2) is 76.0 Å². The standard InChI is InChI=1S/C29H40F3N3O2/c1-2-33(17-7-14-29(30,31)32)23-10-6-11-26(36)35-24(18-23)12-13-25(35)27(37)34-20-22(19-28(34)15-16-28)21-8-4-3-5-9-21/h3-5,8-9,22-25H,2,6-7,10-20H2,1H3/t22-,23+,24-,25+/m1/s1. The lowest BCUT2D eigenvalue weighted by Gasteiger charge is -2.39. The molecule has 0 radical (unpaired) electrons. The number of hydrogen-bond donors (Lipinski definition) is 0. The maximum Gasteiger partial charge on any atom is 0.389 e. The highest BCUT2D eigenvalue weighted by molar-refractivity contribution is 5.89. The Hall–Kier alpha value is -2.09. The SMILES string of the molecule is CCN(CCCC(F)(F)F)[C@H]1CCCC(=O)N2[C@H](CC[C@H]2C(=O)N2C[C@H](c3ccccc3)CC23CC3)C1. The third kappa shape index (κ3) is 5.69. The van der Waals surface area contributed by atoms with E-state index < -0.39 is 18.6 Å². The van der Waals surface area contributed by atoms with Gasteiger partial charge in [0.15, 0.2) is 0 Å². The number of carbonyl (C=O) groups is 2. The van der Waals surface area contributed by atoms with Gasteiger partial charge in [0, 0.05) is 42.9 Å². The van der Waals surface area contributed by atoms with Crippen molar-refractivity contribution in [1.29, 1.82) is 0 Å². The average Bonchev–Trinajstić information content (AvgIpc) is 3.35. The first-order valence-corrected chi connectivity index (χ1v) is 14.2. The summed E-state index contributed by atoms with van der Waals surface area (Å²) in [6.45, 7) is 3.84. The lowest BCUT2D eigenvalue weighted by atomic mass is 9.95. The molecule has 4 aliphatic rings. The van der Waals surface area contributed by atoms with Crippen molar-refractivity contribution in [1.82, 2.24) is 14.7 Å². The molecule has 3 saturated heterocycles. The highest BCUT2D eigenvalue weighted by atomic mass is 19.4.